The van der Waals surface area contributed by atoms with E-state index in [1.54, 1.807) is 0 Å². The quantitative estimate of drug-likeness (QED) is 0.275. The van der Waals surface area contributed by atoms with Crippen molar-refractivity contribution >= 4 is 38.4 Å². The highest BCUT2D eigenvalue weighted by atomic mass is 32.2. The van der Waals surface area contributed by atoms with E-state index in [-0.39, 0.29) is 39.5 Å². The van der Waals surface area contributed by atoms with E-state index in [4.69, 9.17) is 14.6 Å². The van der Waals surface area contributed by atoms with Crippen LogP contribution < -0.4 is 20.1 Å². The molecule has 2 heterocycles. The zero-order valence-corrected chi connectivity index (χ0v) is 22.5. The molecule has 0 saturated carbocycles. The van der Waals surface area contributed by atoms with Gasteiger partial charge in [0.25, 0.3) is 0 Å². The summed E-state index contributed by atoms with van der Waals surface area (Å²) in [7, 11) is -2.66. The Kier molecular flexibility index (Phi) is 8.66. The zero-order valence-electron chi connectivity index (χ0n) is 21.7. The lowest BCUT2D eigenvalue weighted by Crippen LogP contribution is -2.43. The first-order valence-corrected chi connectivity index (χ1v) is 13.8. The number of hydrogen-bond acceptors (Lipinski definition) is 6. The Bertz CT molecular complexity index is 1620. The van der Waals surface area contributed by atoms with Crippen LogP contribution in [0.3, 0.4) is 0 Å². The molecule has 41 heavy (non-hydrogen) atoms. The maximum absolute atomic E-state index is 14.7. The molecule has 0 unspecified atom stereocenters. The predicted octanol–water partition coefficient (Wildman–Crippen LogP) is 4.13. The van der Waals surface area contributed by atoms with Crippen molar-refractivity contribution < 1.29 is 45.4 Å². The van der Waals surface area contributed by atoms with E-state index >= 15 is 0 Å². The van der Waals surface area contributed by atoms with Crippen molar-refractivity contribution in [1.29, 1.82) is 0 Å². The molecule has 4 N–H and O–H groups in total. The van der Waals surface area contributed by atoms with Crippen LogP contribution in [0.4, 0.5) is 33.7 Å². The number of nitrogens with zero attached hydrogens (tertiary/aromatic N) is 2. The van der Waals surface area contributed by atoms with Crippen LogP contribution in [-0.2, 0) is 21.3 Å². The lowest BCUT2D eigenvalue weighted by molar-refractivity contribution is -0.140. The number of sulfonamides is 1. The van der Waals surface area contributed by atoms with Gasteiger partial charge in [-0.25, -0.2) is 22.7 Å². The standard InChI is InChI=1S/C26H26F4N4O6S/c1-39-24-14-19(41(31,37)38)4-5-21(24)32-8-2-3-18-13-20-22(33(18)15-26(28,29)30)11-16(27)12-23(20)34(25(35)36)17-6-9-40-10-7-17/h4-5,11-14,17,32H,6-10,15H2,1H3,(H,35,36)(H2,31,37,38). The van der Waals surface area contributed by atoms with Gasteiger partial charge in [0.2, 0.25) is 10.0 Å². The molecule has 0 radical (unpaired) electrons. The van der Waals surface area contributed by atoms with E-state index in [0.717, 1.165) is 21.6 Å². The van der Waals surface area contributed by atoms with Gasteiger partial charge in [-0.1, -0.05) is 5.92 Å². The molecule has 15 heteroatoms. The summed E-state index contributed by atoms with van der Waals surface area (Å²) in [5.74, 6) is 4.59. The van der Waals surface area contributed by atoms with Crippen LogP contribution in [-0.4, -0.2) is 63.3 Å². The predicted molar refractivity (Wildman–Crippen MR) is 142 cm³/mol. The van der Waals surface area contributed by atoms with Crippen LogP contribution in [0.2, 0.25) is 0 Å². The molecule has 1 saturated heterocycles. The second-order valence-electron chi connectivity index (χ2n) is 9.15. The molecule has 1 aromatic heterocycles. The van der Waals surface area contributed by atoms with Gasteiger partial charge in [-0.15, -0.1) is 0 Å². The fourth-order valence-corrected chi connectivity index (χ4v) is 5.15. The molecule has 1 aliphatic heterocycles. The number of amides is 1. The van der Waals surface area contributed by atoms with Crippen molar-refractivity contribution in [2.75, 3.05) is 37.1 Å². The topological polar surface area (TPSA) is 136 Å². The van der Waals surface area contributed by atoms with Gasteiger partial charge in [0.05, 0.1) is 41.1 Å². The first-order valence-electron chi connectivity index (χ1n) is 12.2. The number of anilines is 2. The van der Waals surface area contributed by atoms with E-state index in [9.17, 15) is 35.9 Å². The first-order chi connectivity index (χ1) is 19.3. The summed E-state index contributed by atoms with van der Waals surface area (Å²) >= 11 is 0. The Balaban J connectivity index is 1.72. The van der Waals surface area contributed by atoms with Crippen LogP contribution in [0.25, 0.3) is 10.9 Å². The second kappa shape index (κ2) is 11.9. The number of ether oxygens (including phenoxy) is 2. The summed E-state index contributed by atoms with van der Waals surface area (Å²) in [6.45, 7) is -0.990. The molecule has 0 bridgehead atoms. The number of alkyl halides is 3. The molecule has 0 aliphatic carbocycles. The summed E-state index contributed by atoms with van der Waals surface area (Å²) in [4.78, 5) is 13.0. The van der Waals surface area contributed by atoms with Gasteiger partial charge in [0, 0.05) is 30.7 Å². The molecule has 0 atom stereocenters. The first kappa shape index (κ1) is 30.0. The van der Waals surface area contributed by atoms with Gasteiger partial charge in [0.15, 0.2) is 0 Å². The Labute approximate surface area is 232 Å². The van der Waals surface area contributed by atoms with Crippen LogP contribution in [0.15, 0.2) is 41.3 Å². The molecule has 1 amide bonds. The summed E-state index contributed by atoms with van der Waals surface area (Å²) in [6, 6.07) is 6.50. The van der Waals surface area contributed by atoms with Gasteiger partial charge in [0.1, 0.15) is 18.1 Å². The Morgan fingerprint density at radius 2 is 1.95 bits per heavy atom. The molecule has 3 aromatic rings. The number of carboxylic acid groups (broad SMARTS) is 1. The molecular formula is C26H26F4N4O6S. The number of rotatable bonds is 7. The molecule has 0 spiro atoms. The third-order valence-corrected chi connectivity index (χ3v) is 7.32. The van der Waals surface area contributed by atoms with E-state index in [1.807, 2.05) is 0 Å². The average Bonchev–Trinajstić information content (AvgIpc) is 3.22. The summed E-state index contributed by atoms with van der Waals surface area (Å²) in [6.07, 6.45) is -5.37. The Morgan fingerprint density at radius 1 is 1.24 bits per heavy atom. The maximum atomic E-state index is 14.7. The van der Waals surface area contributed by atoms with Crippen LogP contribution in [0.1, 0.15) is 18.5 Å². The van der Waals surface area contributed by atoms with Crippen LogP contribution >= 0.6 is 0 Å². The van der Waals surface area contributed by atoms with Crippen molar-refractivity contribution in [2.24, 2.45) is 5.14 Å². The van der Waals surface area contributed by atoms with Crippen molar-refractivity contribution in [3.05, 3.63) is 47.9 Å². The number of benzene rings is 2. The summed E-state index contributed by atoms with van der Waals surface area (Å²) in [5, 5.41) is 18.1. The normalized spacial score (nSPS) is 14.4. The minimum atomic E-state index is -4.68. The SMILES string of the molecule is COc1cc(S(N)(=O)=O)ccc1NCC#Cc1cc2c(N(C(=O)O)C3CCOCC3)cc(F)cc2n1CC(F)(F)F. The molecular weight excluding hydrogens is 572 g/mol. The Morgan fingerprint density at radius 3 is 2.56 bits per heavy atom. The lowest BCUT2D eigenvalue weighted by Gasteiger charge is -2.32. The van der Waals surface area contributed by atoms with Crippen molar-refractivity contribution in [2.45, 2.75) is 36.5 Å². The van der Waals surface area contributed by atoms with Crippen LogP contribution in [0, 0.1) is 17.7 Å². The third-order valence-electron chi connectivity index (χ3n) is 6.41. The fourth-order valence-electron chi connectivity index (χ4n) is 4.63. The van der Waals surface area contributed by atoms with Crippen molar-refractivity contribution in [3.63, 3.8) is 0 Å². The highest BCUT2D eigenvalue weighted by Gasteiger charge is 2.33. The van der Waals surface area contributed by atoms with E-state index in [1.165, 1.54) is 31.4 Å². The fraction of sp³-hybridized carbons (Fsp3) is 0.346. The summed E-state index contributed by atoms with van der Waals surface area (Å²) < 4.78 is 89.8. The molecule has 2 aromatic carbocycles. The molecule has 4 rings (SSSR count). The zero-order chi connectivity index (χ0) is 29.9. The minimum absolute atomic E-state index is 0.0822. The molecule has 10 nitrogen and oxygen atoms in total. The largest absolute Gasteiger partial charge is 0.495 e. The number of primary sulfonamides is 1. The smallest absolute Gasteiger partial charge is 0.412 e. The van der Waals surface area contributed by atoms with Gasteiger partial charge >= 0.3 is 12.3 Å². The summed E-state index contributed by atoms with van der Waals surface area (Å²) in [5.41, 5.74) is -0.00268. The highest BCUT2D eigenvalue weighted by molar-refractivity contribution is 7.89. The molecule has 1 aliphatic rings. The van der Waals surface area contributed by atoms with Crippen LogP contribution in [0.5, 0.6) is 5.75 Å². The molecule has 220 valence electrons. The number of methoxy groups -OCH3 is 1. The van der Waals surface area contributed by atoms with Gasteiger partial charge in [-0.2, -0.15) is 13.2 Å². The van der Waals surface area contributed by atoms with E-state index in [0.29, 0.717) is 31.7 Å². The van der Waals surface area contributed by atoms with E-state index in [2.05, 4.69) is 17.2 Å². The Hall–Kier alpha value is -4.00. The third kappa shape index (κ3) is 7.02. The number of hydrogen-bond donors (Lipinski definition) is 3. The number of aromatic nitrogens is 1. The lowest BCUT2D eigenvalue weighted by atomic mass is 10.1. The van der Waals surface area contributed by atoms with Gasteiger partial charge in [-0.05, 0) is 49.1 Å². The highest BCUT2D eigenvalue weighted by Crippen LogP contribution is 2.35. The minimum Gasteiger partial charge on any atom is -0.495 e. The number of fused-ring (bicyclic) bond motifs is 1. The van der Waals surface area contributed by atoms with Gasteiger partial charge in [-0.3, -0.25) is 4.90 Å². The van der Waals surface area contributed by atoms with Crippen molar-refractivity contribution in [3.8, 4) is 17.6 Å². The molecule has 1 fully saturated rings. The number of nitrogens with one attached hydrogen (secondary N) is 1. The second-order valence-corrected chi connectivity index (χ2v) is 10.7. The number of carbonyl (C=O) groups is 1. The van der Waals surface area contributed by atoms with Crippen molar-refractivity contribution in [1.82, 2.24) is 4.57 Å². The number of nitrogens with two attached hydrogens (primary N) is 1. The monoisotopic (exact) mass is 598 g/mol. The maximum Gasteiger partial charge on any atom is 0.412 e. The van der Waals surface area contributed by atoms with Gasteiger partial charge < -0.3 is 24.5 Å². The van der Waals surface area contributed by atoms with E-state index < -0.39 is 40.7 Å². The average molecular weight is 599 g/mol. The number of halogens is 4.